The van der Waals surface area contributed by atoms with E-state index in [2.05, 4.69) is 132 Å². The van der Waals surface area contributed by atoms with E-state index in [9.17, 15) is 0 Å². The summed E-state index contributed by atoms with van der Waals surface area (Å²) in [6.07, 6.45) is 0. The molecule has 7 aromatic carbocycles. The molecule has 0 radical (unpaired) electrons. The molecule has 2 heterocycles. The molecule has 0 fully saturated rings. The number of rotatable bonds is 3. The Hall–Kier alpha value is -5.87. The normalized spacial score (nSPS) is 11.7. The van der Waals surface area contributed by atoms with Gasteiger partial charge < -0.3 is 0 Å². The maximum absolute atomic E-state index is 5.16. The van der Waals surface area contributed by atoms with E-state index in [1.54, 1.807) is 0 Å². The molecule has 0 spiro atoms. The third-order valence-electron chi connectivity index (χ3n) is 8.44. The lowest BCUT2D eigenvalue weighted by Gasteiger charge is -2.13. The van der Waals surface area contributed by atoms with Crippen molar-refractivity contribution >= 4 is 54.1 Å². The summed E-state index contributed by atoms with van der Waals surface area (Å²) >= 11 is 0. The predicted molar refractivity (Wildman–Crippen MR) is 178 cm³/mol. The van der Waals surface area contributed by atoms with Gasteiger partial charge in [0.15, 0.2) is 11.6 Å². The van der Waals surface area contributed by atoms with E-state index < -0.39 is 0 Å². The van der Waals surface area contributed by atoms with Gasteiger partial charge in [-0.1, -0.05) is 127 Å². The molecular weight excluding hydrogens is 524 g/mol. The van der Waals surface area contributed by atoms with Crippen LogP contribution in [0.4, 0.5) is 0 Å². The van der Waals surface area contributed by atoms with Crippen molar-refractivity contribution in [3.8, 4) is 28.7 Å². The van der Waals surface area contributed by atoms with Crippen LogP contribution in [-0.2, 0) is 0 Å². The van der Waals surface area contributed by atoms with E-state index in [4.69, 9.17) is 15.0 Å². The molecule has 0 aliphatic heterocycles. The van der Waals surface area contributed by atoms with E-state index in [0.717, 1.165) is 22.2 Å². The van der Waals surface area contributed by atoms with Crippen molar-refractivity contribution < 1.29 is 0 Å². The van der Waals surface area contributed by atoms with Gasteiger partial charge >= 0.3 is 0 Å². The van der Waals surface area contributed by atoms with Gasteiger partial charge in [0.05, 0.1) is 11.0 Å². The smallest absolute Gasteiger partial charge is 0.238 e. The quantitative estimate of drug-likeness (QED) is 0.206. The molecule has 0 aliphatic carbocycles. The lowest BCUT2D eigenvalue weighted by atomic mass is 9.93. The minimum Gasteiger partial charge on any atom is -0.278 e. The molecule has 0 saturated heterocycles. The first-order valence-corrected chi connectivity index (χ1v) is 14.5. The van der Waals surface area contributed by atoms with Crippen molar-refractivity contribution in [1.82, 2.24) is 19.5 Å². The Labute approximate surface area is 247 Å². The largest absolute Gasteiger partial charge is 0.278 e. The highest BCUT2D eigenvalue weighted by molar-refractivity contribution is 6.25. The lowest BCUT2D eigenvalue weighted by molar-refractivity contribution is 0.953. The second kappa shape index (κ2) is 9.33. The van der Waals surface area contributed by atoms with Gasteiger partial charge in [0.1, 0.15) is 0 Å². The number of hydrogen-bond donors (Lipinski definition) is 0. The summed E-state index contributed by atoms with van der Waals surface area (Å²) in [6, 6.07) is 50.9. The van der Waals surface area contributed by atoms with Crippen molar-refractivity contribution in [2.24, 2.45) is 0 Å². The molecule has 0 atom stereocenters. The van der Waals surface area contributed by atoms with Gasteiger partial charge in [-0.05, 0) is 50.5 Å². The van der Waals surface area contributed by atoms with E-state index in [0.29, 0.717) is 17.6 Å². The average Bonchev–Trinajstić information content (AvgIpc) is 3.43. The SMILES string of the molecule is c1ccc(-c2nc(-c3ccc4c5ccccc5c5ccccc5c4c3)nc(-n3c4ccccc4c4ccccc43)n2)cc1. The first-order chi connectivity index (χ1) is 21.3. The molecule has 0 N–H and O–H groups in total. The summed E-state index contributed by atoms with van der Waals surface area (Å²) in [6.45, 7) is 0. The van der Waals surface area contributed by atoms with Gasteiger partial charge in [0, 0.05) is 21.9 Å². The second-order valence-corrected chi connectivity index (χ2v) is 10.9. The fourth-order valence-corrected chi connectivity index (χ4v) is 6.49. The zero-order valence-electron chi connectivity index (χ0n) is 23.1. The molecule has 0 aliphatic rings. The zero-order valence-corrected chi connectivity index (χ0v) is 23.1. The topological polar surface area (TPSA) is 43.6 Å². The molecule has 0 saturated carbocycles. The monoisotopic (exact) mass is 548 g/mol. The van der Waals surface area contributed by atoms with Gasteiger partial charge in [-0.2, -0.15) is 9.97 Å². The van der Waals surface area contributed by atoms with Crippen molar-refractivity contribution in [1.29, 1.82) is 0 Å². The Morgan fingerprint density at radius 1 is 0.326 bits per heavy atom. The molecule has 43 heavy (non-hydrogen) atoms. The summed E-state index contributed by atoms with van der Waals surface area (Å²) in [5.41, 5.74) is 4.03. The van der Waals surface area contributed by atoms with E-state index in [1.165, 1.54) is 43.1 Å². The Morgan fingerprint density at radius 3 is 1.35 bits per heavy atom. The number of para-hydroxylation sites is 2. The molecular formula is C39H24N4. The molecule has 9 rings (SSSR count). The fourth-order valence-electron chi connectivity index (χ4n) is 6.49. The van der Waals surface area contributed by atoms with Crippen LogP contribution in [0.25, 0.3) is 82.8 Å². The summed E-state index contributed by atoms with van der Waals surface area (Å²) in [5.74, 6) is 1.89. The Morgan fingerprint density at radius 2 is 0.767 bits per heavy atom. The summed E-state index contributed by atoms with van der Waals surface area (Å²) in [4.78, 5) is 15.3. The Balaban J connectivity index is 1.35. The molecule has 4 heteroatoms. The first-order valence-electron chi connectivity index (χ1n) is 14.5. The second-order valence-electron chi connectivity index (χ2n) is 10.9. The number of fused-ring (bicyclic) bond motifs is 9. The van der Waals surface area contributed by atoms with Crippen LogP contribution in [0, 0.1) is 0 Å². The zero-order chi connectivity index (χ0) is 28.3. The first kappa shape index (κ1) is 23.8. The summed E-state index contributed by atoms with van der Waals surface area (Å²) in [7, 11) is 0. The van der Waals surface area contributed by atoms with Crippen LogP contribution in [0.1, 0.15) is 0 Å². The van der Waals surface area contributed by atoms with Gasteiger partial charge in [-0.25, -0.2) is 4.98 Å². The third-order valence-corrected chi connectivity index (χ3v) is 8.44. The standard InChI is InChI=1S/C39H24N4/c1-2-12-25(13-3-1)37-40-38(42-39(41-37)43-35-20-10-8-18-32(35)33-19-9-11-21-36(33)43)26-22-23-31-29-16-5-4-14-27(29)28-15-6-7-17-30(28)34(31)24-26/h1-24H. The average molecular weight is 549 g/mol. The van der Waals surface area contributed by atoms with Crippen LogP contribution in [0.15, 0.2) is 146 Å². The van der Waals surface area contributed by atoms with E-state index in [1.807, 2.05) is 18.2 Å². The predicted octanol–water partition coefficient (Wildman–Crippen LogP) is 9.76. The van der Waals surface area contributed by atoms with E-state index in [-0.39, 0.29) is 0 Å². The van der Waals surface area contributed by atoms with Crippen molar-refractivity contribution in [2.75, 3.05) is 0 Å². The molecule has 2 aromatic heterocycles. The highest BCUT2D eigenvalue weighted by atomic mass is 15.2. The van der Waals surface area contributed by atoms with Gasteiger partial charge in [-0.3, -0.25) is 4.57 Å². The van der Waals surface area contributed by atoms with Crippen LogP contribution in [0.2, 0.25) is 0 Å². The van der Waals surface area contributed by atoms with Crippen molar-refractivity contribution in [3.63, 3.8) is 0 Å². The molecule has 0 unspecified atom stereocenters. The van der Waals surface area contributed by atoms with Gasteiger partial charge in [0.2, 0.25) is 5.95 Å². The van der Waals surface area contributed by atoms with Crippen LogP contribution in [0.3, 0.4) is 0 Å². The van der Waals surface area contributed by atoms with Crippen molar-refractivity contribution in [2.45, 2.75) is 0 Å². The fraction of sp³-hybridized carbons (Fsp3) is 0. The number of benzene rings is 7. The minimum atomic E-state index is 0.602. The van der Waals surface area contributed by atoms with Gasteiger partial charge in [-0.15, -0.1) is 0 Å². The highest BCUT2D eigenvalue weighted by Gasteiger charge is 2.18. The lowest BCUT2D eigenvalue weighted by Crippen LogP contribution is -2.06. The van der Waals surface area contributed by atoms with E-state index >= 15 is 0 Å². The molecule has 0 bridgehead atoms. The van der Waals surface area contributed by atoms with Crippen molar-refractivity contribution in [3.05, 3.63) is 146 Å². The summed E-state index contributed by atoms with van der Waals surface area (Å²) < 4.78 is 2.16. The van der Waals surface area contributed by atoms with Crippen LogP contribution < -0.4 is 0 Å². The van der Waals surface area contributed by atoms with Gasteiger partial charge in [0.25, 0.3) is 0 Å². The number of aromatic nitrogens is 4. The Bertz CT molecular complexity index is 2420. The Kier molecular flexibility index (Phi) is 5.16. The molecule has 0 amide bonds. The molecule has 200 valence electrons. The highest BCUT2D eigenvalue weighted by Crippen LogP contribution is 2.37. The van der Waals surface area contributed by atoms with Crippen LogP contribution in [0.5, 0.6) is 0 Å². The maximum atomic E-state index is 5.16. The summed E-state index contributed by atoms with van der Waals surface area (Å²) in [5, 5.41) is 9.72. The third kappa shape index (κ3) is 3.67. The molecule has 4 nitrogen and oxygen atoms in total. The molecule has 9 aromatic rings. The van der Waals surface area contributed by atoms with Crippen LogP contribution >= 0.6 is 0 Å². The maximum Gasteiger partial charge on any atom is 0.238 e. The number of nitrogens with zero attached hydrogens (tertiary/aromatic N) is 4. The number of hydrogen-bond acceptors (Lipinski definition) is 3. The minimum absolute atomic E-state index is 0.602. The van der Waals surface area contributed by atoms with Crippen LogP contribution in [-0.4, -0.2) is 19.5 Å².